The first-order valence-corrected chi connectivity index (χ1v) is 6.00. The van der Waals surface area contributed by atoms with Crippen molar-refractivity contribution in [1.29, 1.82) is 0 Å². The summed E-state index contributed by atoms with van der Waals surface area (Å²) in [5.41, 5.74) is 0.202. The Morgan fingerprint density at radius 2 is 2.31 bits per heavy atom. The van der Waals surface area contributed by atoms with Gasteiger partial charge in [0.1, 0.15) is 5.69 Å². The van der Waals surface area contributed by atoms with Gasteiger partial charge in [-0.3, -0.25) is 4.79 Å². The SMILES string of the molecule is CCOC(C)(C)CNC(=O)c1cc(Br)c[nH]1. The van der Waals surface area contributed by atoms with Crippen molar-refractivity contribution in [1.82, 2.24) is 10.3 Å². The maximum absolute atomic E-state index is 11.7. The normalized spacial score (nSPS) is 11.5. The van der Waals surface area contributed by atoms with Crippen LogP contribution in [0.15, 0.2) is 16.7 Å². The Morgan fingerprint density at radius 1 is 1.62 bits per heavy atom. The van der Waals surface area contributed by atoms with E-state index in [0.29, 0.717) is 18.8 Å². The molecule has 1 aromatic heterocycles. The second-order valence-corrected chi connectivity index (χ2v) is 5.02. The van der Waals surface area contributed by atoms with Crippen LogP contribution in [0, 0.1) is 0 Å². The minimum absolute atomic E-state index is 0.126. The van der Waals surface area contributed by atoms with Gasteiger partial charge >= 0.3 is 0 Å². The van der Waals surface area contributed by atoms with Gasteiger partial charge in [-0.1, -0.05) is 0 Å². The molecule has 0 spiro atoms. The summed E-state index contributed by atoms with van der Waals surface area (Å²) in [6, 6.07) is 1.74. The first kappa shape index (κ1) is 13.3. The van der Waals surface area contributed by atoms with E-state index in [1.165, 1.54) is 0 Å². The second kappa shape index (κ2) is 5.50. The molecule has 90 valence electrons. The summed E-state index contributed by atoms with van der Waals surface area (Å²) in [6.07, 6.45) is 1.72. The summed E-state index contributed by atoms with van der Waals surface area (Å²) >= 11 is 3.28. The average molecular weight is 289 g/mol. The molecule has 0 fully saturated rings. The van der Waals surface area contributed by atoms with Gasteiger partial charge in [-0.15, -0.1) is 0 Å². The molecular formula is C11H17BrN2O2. The lowest BCUT2D eigenvalue weighted by atomic mass is 10.1. The van der Waals surface area contributed by atoms with E-state index in [4.69, 9.17) is 4.74 Å². The van der Waals surface area contributed by atoms with Crippen LogP contribution in [0.5, 0.6) is 0 Å². The number of amides is 1. The molecule has 0 radical (unpaired) electrons. The van der Waals surface area contributed by atoms with Crippen molar-refractivity contribution < 1.29 is 9.53 Å². The van der Waals surface area contributed by atoms with E-state index in [1.54, 1.807) is 12.3 Å². The quantitative estimate of drug-likeness (QED) is 0.874. The van der Waals surface area contributed by atoms with Crippen molar-refractivity contribution in [2.45, 2.75) is 26.4 Å². The molecule has 5 heteroatoms. The van der Waals surface area contributed by atoms with Gasteiger partial charge in [0.15, 0.2) is 0 Å². The Morgan fingerprint density at radius 3 is 2.81 bits per heavy atom. The van der Waals surface area contributed by atoms with Crippen LogP contribution in [-0.4, -0.2) is 29.6 Å². The van der Waals surface area contributed by atoms with Crippen molar-refractivity contribution in [3.8, 4) is 0 Å². The molecule has 0 atom stereocenters. The van der Waals surface area contributed by atoms with Gasteiger partial charge in [0.25, 0.3) is 5.91 Å². The molecule has 1 amide bonds. The second-order valence-electron chi connectivity index (χ2n) is 4.11. The number of hydrogen-bond donors (Lipinski definition) is 2. The Labute approximate surface area is 104 Å². The van der Waals surface area contributed by atoms with Gasteiger partial charge in [0.2, 0.25) is 0 Å². The van der Waals surface area contributed by atoms with Crippen molar-refractivity contribution in [3.63, 3.8) is 0 Å². The zero-order valence-electron chi connectivity index (χ0n) is 9.76. The monoisotopic (exact) mass is 288 g/mol. The molecule has 0 aliphatic heterocycles. The third-order valence-corrected chi connectivity index (χ3v) is 2.56. The molecule has 0 saturated heterocycles. The topological polar surface area (TPSA) is 54.1 Å². The Kier molecular flexibility index (Phi) is 4.56. The summed E-state index contributed by atoms with van der Waals surface area (Å²) in [5.74, 6) is -0.126. The van der Waals surface area contributed by atoms with Crippen LogP contribution in [0.2, 0.25) is 0 Å². The first-order chi connectivity index (χ1) is 7.44. The first-order valence-electron chi connectivity index (χ1n) is 5.20. The number of H-pyrrole nitrogens is 1. The highest BCUT2D eigenvalue weighted by Crippen LogP contribution is 2.11. The fourth-order valence-electron chi connectivity index (χ4n) is 1.33. The summed E-state index contributed by atoms with van der Waals surface area (Å²) in [7, 11) is 0. The van der Waals surface area contributed by atoms with E-state index in [0.717, 1.165) is 4.47 Å². The smallest absolute Gasteiger partial charge is 0.267 e. The maximum Gasteiger partial charge on any atom is 0.267 e. The average Bonchev–Trinajstić information content (AvgIpc) is 2.61. The molecule has 0 bridgehead atoms. The van der Waals surface area contributed by atoms with E-state index < -0.39 is 0 Å². The molecule has 0 unspecified atom stereocenters. The predicted octanol–water partition coefficient (Wildman–Crippen LogP) is 2.32. The van der Waals surface area contributed by atoms with Crippen LogP contribution in [0.3, 0.4) is 0 Å². The highest BCUT2D eigenvalue weighted by atomic mass is 79.9. The van der Waals surface area contributed by atoms with Crippen LogP contribution in [0.1, 0.15) is 31.3 Å². The molecule has 0 aromatic carbocycles. The van der Waals surface area contributed by atoms with Crippen molar-refractivity contribution in [3.05, 3.63) is 22.4 Å². The lowest BCUT2D eigenvalue weighted by Crippen LogP contribution is -2.40. The van der Waals surface area contributed by atoms with Crippen LogP contribution >= 0.6 is 15.9 Å². The molecule has 1 aromatic rings. The Balaban J connectivity index is 2.47. The minimum Gasteiger partial charge on any atom is -0.374 e. The highest BCUT2D eigenvalue weighted by molar-refractivity contribution is 9.10. The lowest BCUT2D eigenvalue weighted by molar-refractivity contribution is -0.00818. The standard InChI is InChI=1S/C11H17BrN2O2/c1-4-16-11(2,3)7-14-10(15)9-5-8(12)6-13-9/h5-6,13H,4,7H2,1-3H3,(H,14,15). The number of ether oxygens (including phenoxy) is 1. The number of carbonyl (C=O) groups excluding carboxylic acids is 1. The van der Waals surface area contributed by atoms with E-state index in [-0.39, 0.29) is 11.5 Å². The van der Waals surface area contributed by atoms with Crippen molar-refractivity contribution >= 4 is 21.8 Å². The van der Waals surface area contributed by atoms with Gasteiger partial charge in [-0.05, 0) is 42.8 Å². The fourth-order valence-corrected chi connectivity index (χ4v) is 1.67. The number of aromatic nitrogens is 1. The molecule has 4 nitrogen and oxygen atoms in total. The summed E-state index contributed by atoms with van der Waals surface area (Å²) in [4.78, 5) is 14.6. The van der Waals surface area contributed by atoms with Gasteiger partial charge in [-0.25, -0.2) is 0 Å². The van der Waals surface area contributed by atoms with Gasteiger partial charge < -0.3 is 15.0 Å². The van der Waals surface area contributed by atoms with Crippen LogP contribution in [0.4, 0.5) is 0 Å². The van der Waals surface area contributed by atoms with Gasteiger partial charge in [0.05, 0.1) is 5.60 Å². The molecule has 0 saturated carbocycles. The molecule has 1 heterocycles. The van der Waals surface area contributed by atoms with Gasteiger partial charge in [-0.2, -0.15) is 0 Å². The van der Waals surface area contributed by atoms with E-state index in [9.17, 15) is 4.79 Å². The highest BCUT2D eigenvalue weighted by Gasteiger charge is 2.19. The third-order valence-electron chi connectivity index (χ3n) is 2.10. The summed E-state index contributed by atoms with van der Waals surface area (Å²) < 4.78 is 6.35. The van der Waals surface area contributed by atoms with E-state index in [1.807, 2.05) is 20.8 Å². The fraction of sp³-hybridized carbons (Fsp3) is 0.545. The molecule has 1 rings (SSSR count). The maximum atomic E-state index is 11.7. The number of carbonyl (C=O) groups is 1. The van der Waals surface area contributed by atoms with Crippen LogP contribution in [0.25, 0.3) is 0 Å². The van der Waals surface area contributed by atoms with Gasteiger partial charge in [0, 0.05) is 23.8 Å². The van der Waals surface area contributed by atoms with E-state index in [2.05, 4.69) is 26.2 Å². The minimum atomic E-state index is -0.339. The Hall–Kier alpha value is -0.810. The van der Waals surface area contributed by atoms with Crippen molar-refractivity contribution in [2.75, 3.05) is 13.2 Å². The zero-order valence-corrected chi connectivity index (χ0v) is 11.3. The number of halogens is 1. The predicted molar refractivity (Wildman–Crippen MR) is 66.5 cm³/mol. The number of rotatable bonds is 5. The largest absolute Gasteiger partial charge is 0.374 e. The summed E-state index contributed by atoms with van der Waals surface area (Å²) in [5, 5.41) is 2.82. The number of hydrogen-bond acceptors (Lipinski definition) is 2. The number of nitrogens with one attached hydrogen (secondary N) is 2. The lowest BCUT2D eigenvalue weighted by Gasteiger charge is -2.24. The third kappa shape index (κ3) is 3.98. The molecule has 16 heavy (non-hydrogen) atoms. The summed E-state index contributed by atoms with van der Waals surface area (Å²) in [6.45, 7) is 6.95. The van der Waals surface area contributed by atoms with Crippen LogP contribution in [-0.2, 0) is 4.74 Å². The molecule has 0 aliphatic carbocycles. The zero-order chi connectivity index (χ0) is 12.2. The number of aromatic amines is 1. The van der Waals surface area contributed by atoms with Crippen molar-refractivity contribution in [2.24, 2.45) is 0 Å². The molecular weight excluding hydrogens is 272 g/mol. The molecule has 2 N–H and O–H groups in total. The molecule has 0 aliphatic rings. The van der Waals surface area contributed by atoms with Crippen LogP contribution < -0.4 is 5.32 Å². The van der Waals surface area contributed by atoms with E-state index >= 15 is 0 Å². The Bertz CT molecular complexity index is 361.